The molecule has 2 aromatic heterocycles. The van der Waals surface area contributed by atoms with Crippen LogP contribution >= 0.6 is 0 Å². The monoisotopic (exact) mass is 302 g/mol. The molecule has 4 aromatic rings. The summed E-state index contributed by atoms with van der Waals surface area (Å²) in [6, 6.07) is 17.5. The number of pyridine rings is 1. The van der Waals surface area contributed by atoms with Gasteiger partial charge in [-0.1, -0.05) is 36.4 Å². The Labute approximate surface area is 132 Å². The van der Waals surface area contributed by atoms with Crippen LogP contribution in [0.1, 0.15) is 5.56 Å². The summed E-state index contributed by atoms with van der Waals surface area (Å²) in [5, 5.41) is 6.03. The first-order chi connectivity index (χ1) is 11.3. The number of rotatable bonds is 3. The maximum atomic E-state index is 12.3. The summed E-state index contributed by atoms with van der Waals surface area (Å²) in [5.41, 5.74) is 1.68. The highest BCUT2D eigenvalue weighted by molar-refractivity contribution is 6.08. The number of carbonyl (C=O) groups excluding carboxylic acids is 1. The van der Waals surface area contributed by atoms with Crippen molar-refractivity contribution in [1.82, 2.24) is 4.98 Å². The lowest BCUT2D eigenvalue weighted by atomic mass is 10.0. The smallest absolute Gasteiger partial charge is 0.230 e. The van der Waals surface area contributed by atoms with E-state index in [1.807, 2.05) is 42.5 Å². The average Bonchev–Trinajstić information content (AvgIpc) is 2.99. The van der Waals surface area contributed by atoms with Gasteiger partial charge in [-0.3, -0.25) is 4.79 Å². The van der Waals surface area contributed by atoms with Crippen molar-refractivity contribution < 1.29 is 9.21 Å². The van der Waals surface area contributed by atoms with E-state index in [1.165, 1.54) is 0 Å². The molecular weight excluding hydrogens is 288 g/mol. The first-order valence-corrected chi connectivity index (χ1v) is 7.40. The second-order valence-corrected chi connectivity index (χ2v) is 5.36. The van der Waals surface area contributed by atoms with E-state index in [2.05, 4.69) is 16.4 Å². The van der Waals surface area contributed by atoms with Gasteiger partial charge in [-0.2, -0.15) is 0 Å². The highest BCUT2D eigenvalue weighted by Gasteiger charge is 2.13. The number of carbonyl (C=O) groups is 1. The van der Waals surface area contributed by atoms with Gasteiger partial charge in [0.2, 0.25) is 5.91 Å². The lowest BCUT2D eigenvalue weighted by molar-refractivity contribution is -0.115. The van der Waals surface area contributed by atoms with Crippen LogP contribution in [0.15, 0.2) is 71.5 Å². The van der Waals surface area contributed by atoms with Gasteiger partial charge >= 0.3 is 0 Å². The van der Waals surface area contributed by atoms with E-state index in [0.29, 0.717) is 5.82 Å². The summed E-state index contributed by atoms with van der Waals surface area (Å²) in [6.07, 6.45) is 3.56. The van der Waals surface area contributed by atoms with Gasteiger partial charge in [-0.15, -0.1) is 0 Å². The predicted molar refractivity (Wildman–Crippen MR) is 90.3 cm³/mol. The van der Waals surface area contributed by atoms with Crippen LogP contribution in [-0.2, 0) is 11.2 Å². The molecule has 112 valence electrons. The lowest BCUT2D eigenvalue weighted by Crippen LogP contribution is -2.14. The molecule has 0 bridgehead atoms. The Morgan fingerprint density at radius 2 is 1.91 bits per heavy atom. The number of hydrogen-bond donors (Lipinski definition) is 1. The van der Waals surface area contributed by atoms with Crippen molar-refractivity contribution in [3.63, 3.8) is 0 Å². The number of nitrogens with zero attached hydrogens (tertiary/aromatic N) is 1. The maximum absolute atomic E-state index is 12.3. The number of benzene rings is 2. The van der Waals surface area contributed by atoms with E-state index in [1.54, 1.807) is 18.5 Å². The van der Waals surface area contributed by atoms with E-state index < -0.39 is 0 Å². The maximum Gasteiger partial charge on any atom is 0.230 e. The van der Waals surface area contributed by atoms with Gasteiger partial charge in [0.1, 0.15) is 11.4 Å². The Morgan fingerprint density at radius 3 is 2.78 bits per heavy atom. The molecule has 0 spiro atoms. The van der Waals surface area contributed by atoms with Crippen LogP contribution in [0.25, 0.3) is 21.7 Å². The van der Waals surface area contributed by atoms with Crippen LogP contribution in [0, 0.1) is 0 Å². The van der Waals surface area contributed by atoms with Gasteiger partial charge in [0, 0.05) is 17.1 Å². The quantitative estimate of drug-likeness (QED) is 0.618. The lowest BCUT2D eigenvalue weighted by Gasteiger charge is -2.04. The summed E-state index contributed by atoms with van der Waals surface area (Å²) in [4.78, 5) is 16.4. The van der Waals surface area contributed by atoms with Gasteiger partial charge < -0.3 is 9.73 Å². The fourth-order valence-electron chi connectivity index (χ4n) is 2.80. The number of aromatic nitrogens is 1. The first-order valence-electron chi connectivity index (χ1n) is 7.40. The van der Waals surface area contributed by atoms with Crippen LogP contribution in [0.4, 0.5) is 5.82 Å². The van der Waals surface area contributed by atoms with Crippen LogP contribution < -0.4 is 5.32 Å². The Bertz CT molecular complexity index is 990. The Morgan fingerprint density at radius 1 is 1.04 bits per heavy atom. The predicted octanol–water partition coefficient (Wildman–Crippen LogP) is 4.16. The van der Waals surface area contributed by atoms with Crippen molar-refractivity contribution in [3.05, 3.63) is 72.6 Å². The minimum absolute atomic E-state index is 0.112. The van der Waals surface area contributed by atoms with Crippen LogP contribution in [0.3, 0.4) is 0 Å². The van der Waals surface area contributed by atoms with Crippen molar-refractivity contribution in [2.24, 2.45) is 0 Å². The zero-order chi connectivity index (χ0) is 15.6. The molecular formula is C19H14N2O2. The molecule has 0 aliphatic heterocycles. The molecule has 4 nitrogen and oxygen atoms in total. The third kappa shape index (κ3) is 2.55. The van der Waals surface area contributed by atoms with E-state index >= 15 is 0 Å². The number of hydrogen-bond acceptors (Lipinski definition) is 3. The summed E-state index contributed by atoms with van der Waals surface area (Å²) < 4.78 is 5.61. The molecule has 0 saturated carbocycles. The van der Waals surface area contributed by atoms with E-state index in [9.17, 15) is 4.79 Å². The first kappa shape index (κ1) is 13.5. The fraction of sp³-hybridized carbons (Fsp3) is 0.0526. The summed E-state index contributed by atoms with van der Waals surface area (Å²) in [6.45, 7) is 0. The summed E-state index contributed by atoms with van der Waals surface area (Å²) >= 11 is 0. The highest BCUT2D eigenvalue weighted by Crippen LogP contribution is 2.30. The number of amides is 1. The number of fused-ring (bicyclic) bond motifs is 3. The van der Waals surface area contributed by atoms with E-state index in [-0.39, 0.29) is 12.3 Å². The minimum Gasteiger partial charge on any atom is -0.464 e. The molecule has 4 rings (SSSR count). The fourth-order valence-corrected chi connectivity index (χ4v) is 2.80. The van der Waals surface area contributed by atoms with Crippen LogP contribution in [0.5, 0.6) is 0 Å². The molecule has 2 aromatic carbocycles. The molecule has 0 saturated heterocycles. The third-order valence-electron chi connectivity index (χ3n) is 3.82. The largest absolute Gasteiger partial charge is 0.464 e. The Balaban J connectivity index is 1.69. The minimum atomic E-state index is -0.112. The third-order valence-corrected chi connectivity index (χ3v) is 3.82. The summed E-state index contributed by atoms with van der Waals surface area (Å²) in [5.74, 6) is 0.439. The molecule has 0 aliphatic rings. The van der Waals surface area contributed by atoms with Crippen molar-refractivity contribution in [3.8, 4) is 0 Å². The average molecular weight is 302 g/mol. The SMILES string of the molecule is O=C(Cc1coc2ccc3ccccc3c12)Nc1ccccn1. The second-order valence-electron chi connectivity index (χ2n) is 5.36. The molecule has 0 radical (unpaired) electrons. The van der Waals surface area contributed by atoms with Crippen molar-refractivity contribution in [2.45, 2.75) is 6.42 Å². The normalized spacial score (nSPS) is 11.0. The molecule has 0 fully saturated rings. The molecule has 23 heavy (non-hydrogen) atoms. The second kappa shape index (κ2) is 5.57. The zero-order valence-corrected chi connectivity index (χ0v) is 12.3. The molecule has 0 aliphatic carbocycles. The van der Waals surface area contributed by atoms with Gasteiger partial charge in [0.25, 0.3) is 0 Å². The van der Waals surface area contributed by atoms with Gasteiger partial charge in [0.15, 0.2) is 0 Å². The molecule has 0 atom stereocenters. The summed E-state index contributed by atoms with van der Waals surface area (Å²) in [7, 11) is 0. The van der Waals surface area contributed by atoms with Crippen molar-refractivity contribution in [1.29, 1.82) is 0 Å². The Kier molecular flexibility index (Phi) is 3.27. The van der Waals surface area contributed by atoms with Crippen molar-refractivity contribution in [2.75, 3.05) is 5.32 Å². The van der Waals surface area contributed by atoms with Gasteiger partial charge in [0.05, 0.1) is 12.7 Å². The standard InChI is InChI=1S/C19H14N2O2/c22-18(21-17-7-3-4-10-20-17)11-14-12-23-16-9-8-13-5-1-2-6-15(13)19(14)16/h1-10,12H,11H2,(H,20,21,22). The van der Waals surface area contributed by atoms with Crippen LogP contribution in [-0.4, -0.2) is 10.9 Å². The van der Waals surface area contributed by atoms with E-state index in [4.69, 9.17) is 4.42 Å². The molecule has 1 amide bonds. The number of nitrogens with one attached hydrogen (secondary N) is 1. The number of anilines is 1. The molecule has 1 N–H and O–H groups in total. The topological polar surface area (TPSA) is 55.1 Å². The molecule has 4 heteroatoms. The van der Waals surface area contributed by atoms with Crippen LogP contribution in [0.2, 0.25) is 0 Å². The molecule has 0 unspecified atom stereocenters. The highest BCUT2D eigenvalue weighted by atomic mass is 16.3. The van der Waals surface area contributed by atoms with Crippen molar-refractivity contribution >= 4 is 33.5 Å². The number of furan rings is 1. The van der Waals surface area contributed by atoms with Gasteiger partial charge in [-0.05, 0) is 29.0 Å². The van der Waals surface area contributed by atoms with Gasteiger partial charge in [-0.25, -0.2) is 4.98 Å². The Hall–Kier alpha value is -3.14. The molecule has 2 heterocycles. The van der Waals surface area contributed by atoms with E-state index in [0.717, 1.165) is 27.3 Å². The zero-order valence-electron chi connectivity index (χ0n) is 12.3.